The summed E-state index contributed by atoms with van der Waals surface area (Å²) >= 11 is 0. The SMILES string of the molecule is CC(=O)CCOCCOCCOCCCC(=O)[C@H](CC1=CN(CCCCCC(=O)NCCCC(=O)c2ccc(-c3c4ccc(=O)cc-4oc4cc(O)ccc34)c(C(=O)O)c2)NN1)NC(=O)[C@H](CCC(=O)O)CC(=O)[C@H](CCC(=O)O)NC(=O)CCNC(=O)CCNC(=O)O[C@H]1CCC2C(=CC[C@H]3C2CC(C)C2(C)C(C(C)CCCC(C)C)CCC32)C1. The van der Waals surface area contributed by atoms with Crippen LogP contribution in [0.4, 0.5) is 4.79 Å². The van der Waals surface area contributed by atoms with Gasteiger partial charge in [0, 0.05) is 155 Å². The van der Waals surface area contributed by atoms with Crippen LogP contribution in [0.15, 0.2) is 87.4 Å². The number of allylic oxidation sites excluding steroid dienone is 1. The molecule has 7 unspecified atom stereocenters. The van der Waals surface area contributed by atoms with Gasteiger partial charge in [-0.2, -0.15) is 0 Å². The average Bonchev–Trinajstić information content (AvgIpc) is 1.61. The standard InChI is InChI=1S/C91H126N8O22/c1-55(2)13-10-14-56(3)73-29-30-74-67-24-18-59-48-65(23-28-66(59)71(67)47-57(4)91(73,74)6)120-90(116)94-39-34-83(107)93-38-35-84(108)95-75(31-33-86(111)112)79(105)50-61(20-32-85(109)110)88(113)96-76(78(104)16-12-41-117-43-45-119-46-44-118-42-36-58(5)100)51-62-54-99(98-97-62)40-9-7-8-17-82(106)92-37-11-15-77(103)60-19-25-68(72(49-60)89(114)115)87-69-26-21-63(101)52-80(69)121-81-53-64(102)22-27-70(81)87/h18-19,21-22,25-27,49,52-57,61,65-67,71,73-76,97-98,101H,7-17,20,23-24,28-48,50-51H2,1-6H3,(H,92,106)(H,93,107)(H,94,116)(H,95,108)(H,96,113)(H,109,110)(H,111,112)(H,114,115)/t56?,57?,61-,65+,66?,67+,71?,73?,74?,75+,76+,91?/m1/s1. The van der Waals surface area contributed by atoms with Crippen molar-refractivity contribution in [1.82, 2.24) is 42.6 Å². The number of phenols is 1. The van der Waals surface area contributed by atoms with E-state index >= 15 is 0 Å². The van der Waals surface area contributed by atoms with E-state index in [-0.39, 0.29) is 186 Å². The van der Waals surface area contributed by atoms with Gasteiger partial charge in [-0.15, -0.1) is 5.53 Å². The maximum absolute atomic E-state index is 14.4. The Morgan fingerprint density at radius 2 is 1.36 bits per heavy atom. The quantitative estimate of drug-likeness (QED) is 0.00846. The minimum absolute atomic E-state index is 0.00725. The molecular weight excluding hydrogens is 1560 g/mol. The van der Waals surface area contributed by atoms with Gasteiger partial charge in [0.05, 0.1) is 50.7 Å². The van der Waals surface area contributed by atoms with Gasteiger partial charge in [0.15, 0.2) is 22.8 Å². The van der Waals surface area contributed by atoms with Crippen molar-refractivity contribution < 1.29 is 101 Å². The number of hydrogen-bond acceptors (Lipinski definition) is 22. The zero-order chi connectivity index (χ0) is 87.3. The number of aliphatic carboxylic acids is 2. The number of carbonyl (C=O) groups is 12. The minimum atomic E-state index is -1.44. The largest absolute Gasteiger partial charge is 0.508 e. The molecule has 3 fully saturated rings. The highest BCUT2D eigenvalue weighted by atomic mass is 16.6. The first-order valence-electron chi connectivity index (χ1n) is 43.5. The molecule has 30 nitrogen and oxygen atoms in total. The van der Waals surface area contributed by atoms with Crippen molar-refractivity contribution in [3.05, 3.63) is 99.5 Å². The number of phenolic OH excluding ortho intramolecular Hbond substituents is 1. The number of ketones is 4. The van der Waals surface area contributed by atoms with Gasteiger partial charge in [-0.3, -0.25) is 57.7 Å². The molecule has 5 amide bonds. The third-order valence-corrected chi connectivity index (χ3v) is 25.2. The number of benzene rings is 3. The number of aromatic hydroxyl groups is 1. The molecule has 5 aliphatic carbocycles. The number of ether oxygens (including phenoxy) is 4. The highest BCUT2D eigenvalue weighted by Gasteiger charge is 2.59. The van der Waals surface area contributed by atoms with Gasteiger partial charge in [-0.1, -0.05) is 84.1 Å². The molecule has 0 spiro atoms. The fourth-order valence-electron chi connectivity index (χ4n) is 18.8. The number of carboxylic acid groups (broad SMARTS) is 3. The number of carboxylic acids is 3. The number of alkyl carbamates (subject to hydrolysis) is 1. The molecule has 2 aliphatic heterocycles. The van der Waals surface area contributed by atoms with E-state index in [1.807, 2.05) is 0 Å². The number of fused-ring (bicyclic) bond motifs is 7. The van der Waals surface area contributed by atoms with Crippen LogP contribution in [0.5, 0.6) is 5.75 Å². The number of hydrogen-bond donors (Lipinski definition) is 11. The fraction of sp³-hybridized carbons (Fsp3) is 0.615. The first-order chi connectivity index (χ1) is 57.9. The van der Waals surface area contributed by atoms with E-state index in [4.69, 9.17) is 23.4 Å². The number of Topliss-reactive ketones (excluding diaryl/α,β-unsaturated/α-hetero) is 4. The third kappa shape index (κ3) is 28.3. The van der Waals surface area contributed by atoms with Crippen LogP contribution in [-0.4, -0.2) is 180 Å². The molecule has 2 heterocycles. The molecule has 2 aromatic rings. The minimum Gasteiger partial charge on any atom is -0.508 e. The van der Waals surface area contributed by atoms with Crippen molar-refractivity contribution in [2.24, 2.45) is 58.7 Å². The summed E-state index contributed by atoms with van der Waals surface area (Å²) in [7, 11) is 0. The Bertz CT molecular complexity index is 4370. The second-order valence-electron chi connectivity index (χ2n) is 34.3. The van der Waals surface area contributed by atoms with Crippen molar-refractivity contribution in [2.45, 2.75) is 233 Å². The Labute approximate surface area is 707 Å². The van der Waals surface area contributed by atoms with E-state index < -0.39 is 90.6 Å². The van der Waals surface area contributed by atoms with Crippen LogP contribution in [0.25, 0.3) is 33.4 Å². The summed E-state index contributed by atoms with van der Waals surface area (Å²) in [6, 6.07) is 10.2. The van der Waals surface area contributed by atoms with Crippen molar-refractivity contribution in [3.63, 3.8) is 0 Å². The van der Waals surface area contributed by atoms with E-state index in [0.717, 1.165) is 42.9 Å². The Balaban J connectivity index is 0.710. The Morgan fingerprint density at radius 1 is 0.645 bits per heavy atom. The molecule has 11 N–H and O–H groups in total. The average molecular weight is 1680 g/mol. The van der Waals surface area contributed by atoms with Gasteiger partial charge >= 0.3 is 24.0 Å². The second kappa shape index (κ2) is 46.9. The van der Waals surface area contributed by atoms with Crippen molar-refractivity contribution in [3.8, 4) is 28.2 Å². The molecule has 0 saturated heterocycles. The maximum Gasteiger partial charge on any atom is 0.407 e. The zero-order valence-electron chi connectivity index (χ0n) is 71.0. The molecule has 12 atom stereocenters. The lowest BCUT2D eigenvalue weighted by Crippen LogP contribution is -2.51. The summed E-state index contributed by atoms with van der Waals surface area (Å²) in [5.41, 5.74) is 9.32. The van der Waals surface area contributed by atoms with Crippen molar-refractivity contribution in [1.29, 1.82) is 0 Å². The molecule has 0 bridgehead atoms. The zero-order valence-corrected chi connectivity index (χ0v) is 71.0. The van der Waals surface area contributed by atoms with E-state index in [2.05, 4.69) is 78.2 Å². The summed E-state index contributed by atoms with van der Waals surface area (Å²) in [6.07, 6.45) is 14.2. The number of carbonyl (C=O) groups excluding carboxylic acids is 9. The van der Waals surface area contributed by atoms with Gasteiger partial charge < -0.3 is 75.8 Å². The van der Waals surface area contributed by atoms with Crippen molar-refractivity contribution >= 4 is 81.7 Å². The predicted octanol–water partition coefficient (Wildman–Crippen LogP) is 11.7. The lowest BCUT2D eigenvalue weighted by Gasteiger charge is -2.57. The normalized spacial score (nSPS) is 20.8. The summed E-state index contributed by atoms with van der Waals surface area (Å²) in [5, 5.41) is 55.7. The Kier molecular flexibility index (Phi) is 36.8. The predicted molar refractivity (Wildman–Crippen MR) is 450 cm³/mol. The molecule has 30 heteroatoms. The van der Waals surface area contributed by atoms with E-state index in [0.29, 0.717) is 89.9 Å². The summed E-state index contributed by atoms with van der Waals surface area (Å²) in [4.78, 5) is 169. The second-order valence-corrected chi connectivity index (χ2v) is 34.3. The summed E-state index contributed by atoms with van der Waals surface area (Å²) in [5.74, 6) is -3.44. The fourth-order valence-corrected chi connectivity index (χ4v) is 18.8. The highest BCUT2D eigenvalue weighted by molar-refractivity contribution is 6.09. The van der Waals surface area contributed by atoms with Gasteiger partial charge in [0.2, 0.25) is 23.6 Å². The van der Waals surface area contributed by atoms with Crippen LogP contribution in [0.2, 0.25) is 0 Å². The highest BCUT2D eigenvalue weighted by Crippen LogP contribution is 2.67. The lowest BCUT2D eigenvalue weighted by atomic mass is 9.48. The molecule has 9 rings (SSSR count). The molecule has 0 aromatic heterocycles. The van der Waals surface area contributed by atoms with Gasteiger partial charge in [-0.05, 0) is 173 Å². The molecule has 121 heavy (non-hydrogen) atoms. The van der Waals surface area contributed by atoms with Crippen LogP contribution < -0.4 is 43.0 Å². The van der Waals surface area contributed by atoms with E-state index in [1.165, 1.54) is 99.6 Å². The maximum atomic E-state index is 14.4. The molecule has 662 valence electrons. The first-order valence-corrected chi connectivity index (χ1v) is 43.5. The molecule has 2 aromatic carbocycles. The van der Waals surface area contributed by atoms with Gasteiger partial charge in [-0.25, -0.2) is 9.59 Å². The molecule has 0 radical (unpaired) electrons. The van der Waals surface area contributed by atoms with Crippen LogP contribution in [-0.2, 0) is 62.1 Å². The van der Waals surface area contributed by atoms with E-state index in [1.54, 1.807) is 17.3 Å². The number of amides is 5. The van der Waals surface area contributed by atoms with Gasteiger partial charge in [0.25, 0.3) is 0 Å². The summed E-state index contributed by atoms with van der Waals surface area (Å²) < 4.78 is 28.4. The monoisotopic (exact) mass is 1680 g/mol. The number of nitrogens with zero attached hydrogens (tertiary/aromatic N) is 1. The van der Waals surface area contributed by atoms with Crippen LogP contribution in [0.1, 0.15) is 236 Å². The van der Waals surface area contributed by atoms with Crippen LogP contribution in [0.3, 0.4) is 0 Å². The smallest absolute Gasteiger partial charge is 0.407 e. The molecule has 7 aliphatic rings. The lowest BCUT2D eigenvalue weighted by molar-refractivity contribution is -0.140. The van der Waals surface area contributed by atoms with Crippen LogP contribution >= 0.6 is 0 Å². The topological polar surface area (TPSA) is 440 Å². The number of aromatic carboxylic acids is 1. The number of rotatable bonds is 53. The molecular formula is C91H126N8O22. The number of hydrazine groups is 2. The Morgan fingerprint density at radius 3 is 2.10 bits per heavy atom. The van der Waals surface area contributed by atoms with E-state index in [9.17, 15) is 82.8 Å². The Hall–Kier alpha value is -9.91. The van der Waals surface area contributed by atoms with Crippen molar-refractivity contribution in [2.75, 3.05) is 65.8 Å². The summed E-state index contributed by atoms with van der Waals surface area (Å²) in [6.45, 7) is 15.6. The number of unbranched alkanes of at least 4 members (excludes halogenated alkanes) is 2. The van der Waals surface area contributed by atoms with Gasteiger partial charge in [0.1, 0.15) is 29.0 Å². The van der Waals surface area contributed by atoms with Crippen LogP contribution in [0, 0.1) is 58.7 Å². The first kappa shape index (κ1) is 94.9. The molecule has 3 saturated carbocycles. The third-order valence-electron chi connectivity index (χ3n) is 25.2. The number of nitrogens with one attached hydrogen (secondary N) is 7.